The average molecular weight is 730 g/mol. The molecule has 0 radical (unpaired) electrons. The van der Waals surface area contributed by atoms with Gasteiger partial charge in [0.2, 0.25) is 5.91 Å². The minimum absolute atomic E-state index is 0.00891. The summed E-state index contributed by atoms with van der Waals surface area (Å²) in [4.78, 5) is 27.7. The van der Waals surface area contributed by atoms with Crippen LogP contribution in [0.1, 0.15) is 72.9 Å². The number of carbonyl (C=O) groups is 2. The van der Waals surface area contributed by atoms with Crippen LogP contribution in [0, 0.1) is 5.92 Å². The Morgan fingerprint density at radius 1 is 0.906 bits per heavy atom. The van der Waals surface area contributed by atoms with Gasteiger partial charge in [0, 0.05) is 37.2 Å². The molecule has 2 N–H and O–H groups in total. The second-order valence-corrected chi connectivity index (χ2v) is 14.0. The minimum atomic E-state index is -5.03. The molecule has 6 atom stereocenters. The number of hydrogen-bond acceptors (Lipinski definition) is 6. The first-order chi connectivity index (χ1) is 25.4. The van der Waals surface area contributed by atoms with Crippen LogP contribution in [0.15, 0.2) is 103 Å². The molecule has 2 aliphatic heterocycles. The summed E-state index contributed by atoms with van der Waals surface area (Å²) in [6.07, 6.45) is -5.63. The molecule has 280 valence electrons. The van der Waals surface area contributed by atoms with Gasteiger partial charge in [-0.3, -0.25) is 14.5 Å². The molecule has 0 unspecified atom stereocenters. The Balaban J connectivity index is 1.20. The number of nitrogens with zero attached hydrogens (tertiary/aromatic N) is 2. The SMILES string of the molecule is C[C@@H]1[C@H](CN(C)[C@@H](C)c2ccccc2)O[C@H](c2cccc(-c3cccc(CNC(=O)[C@@H]4CCCN4C(=O)C(F)(F)F)c3)c2)O[C@@H]1c1ccc(CO)cc1. The number of likely N-dealkylation sites (N-methyl/N-ethyl adjacent to an activating group) is 1. The monoisotopic (exact) mass is 729 g/mol. The molecule has 0 spiro atoms. The molecule has 53 heavy (non-hydrogen) atoms. The zero-order valence-corrected chi connectivity index (χ0v) is 30.1. The van der Waals surface area contributed by atoms with Gasteiger partial charge in [-0.25, -0.2) is 0 Å². The molecular formula is C42H46F3N3O5. The molecule has 2 aliphatic rings. The molecule has 11 heteroatoms. The second kappa shape index (κ2) is 16.6. The number of ether oxygens (including phenoxy) is 2. The van der Waals surface area contributed by atoms with Gasteiger partial charge in [0.25, 0.3) is 0 Å². The van der Waals surface area contributed by atoms with Crippen molar-refractivity contribution in [1.29, 1.82) is 0 Å². The number of carbonyl (C=O) groups excluding carboxylic acids is 2. The van der Waals surface area contributed by atoms with E-state index in [1.807, 2.05) is 91.0 Å². The fraction of sp³-hybridized carbons (Fsp3) is 0.381. The average Bonchev–Trinajstić information content (AvgIpc) is 3.67. The maximum Gasteiger partial charge on any atom is 0.471 e. The number of aliphatic hydroxyl groups is 1. The van der Waals surface area contributed by atoms with E-state index < -0.39 is 30.3 Å². The first-order valence-electron chi connectivity index (χ1n) is 18.0. The van der Waals surface area contributed by atoms with Gasteiger partial charge in [-0.05, 0) is 72.3 Å². The van der Waals surface area contributed by atoms with E-state index in [1.165, 1.54) is 5.56 Å². The summed E-state index contributed by atoms with van der Waals surface area (Å²) in [7, 11) is 2.10. The molecule has 0 aromatic heterocycles. The third-order valence-corrected chi connectivity index (χ3v) is 10.5. The van der Waals surface area contributed by atoms with Crippen molar-refractivity contribution in [2.45, 2.75) is 76.6 Å². The van der Waals surface area contributed by atoms with Crippen molar-refractivity contribution in [2.75, 3.05) is 20.1 Å². The van der Waals surface area contributed by atoms with Crippen molar-refractivity contribution >= 4 is 11.8 Å². The van der Waals surface area contributed by atoms with E-state index in [2.05, 4.69) is 43.2 Å². The zero-order valence-electron chi connectivity index (χ0n) is 30.1. The largest absolute Gasteiger partial charge is 0.471 e. The lowest BCUT2D eigenvalue weighted by molar-refractivity contribution is -0.276. The highest BCUT2D eigenvalue weighted by Gasteiger charge is 2.47. The molecule has 2 fully saturated rings. The third-order valence-electron chi connectivity index (χ3n) is 10.5. The van der Waals surface area contributed by atoms with Crippen molar-refractivity contribution in [2.24, 2.45) is 5.92 Å². The van der Waals surface area contributed by atoms with E-state index in [9.17, 15) is 27.9 Å². The van der Waals surface area contributed by atoms with E-state index in [-0.39, 0.29) is 50.3 Å². The van der Waals surface area contributed by atoms with Crippen molar-refractivity contribution < 1.29 is 37.3 Å². The summed E-state index contributed by atoms with van der Waals surface area (Å²) in [5.41, 5.74) is 6.41. The number of nitrogens with one attached hydrogen (secondary N) is 1. The molecule has 0 saturated carbocycles. The van der Waals surface area contributed by atoms with Gasteiger partial charge >= 0.3 is 12.1 Å². The number of likely N-dealkylation sites (tertiary alicyclic amines) is 1. The Hall–Kier alpha value is -4.55. The van der Waals surface area contributed by atoms with Gasteiger partial charge in [0.05, 0.1) is 18.8 Å². The Morgan fingerprint density at radius 2 is 1.60 bits per heavy atom. The first-order valence-corrected chi connectivity index (χ1v) is 18.0. The summed E-state index contributed by atoms with van der Waals surface area (Å²) >= 11 is 0. The number of halogens is 3. The van der Waals surface area contributed by atoms with E-state index in [1.54, 1.807) is 0 Å². The summed E-state index contributed by atoms with van der Waals surface area (Å²) in [5.74, 6) is -2.58. The van der Waals surface area contributed by atoms with Crippen LogP contribution in [-0.4, -0.2) is 65.2 Å². The quantitative estimate of drug-likeness (QED) is 0.166. The van der Waals surface area contributed by atoms with Gasteiger partial charge in [-0.15, -0.1) is 0 Å². The predicted molar refractivity (Wildman–Crippen MR) is 195 cm³/mol. The molecule has 4 aromatic rings. The van der Waals surface area contributed by atoms with Crippen molar-refractivity contribution in [3.8, 4) is 11.1 Å². The van der Waals surface area contributed by atoms with E-state index in [4.69, 9.17) is 9.47 Å². The van der Waals surface area contributed by atoms with Crippen LogP contribution >= 0.6 is 0 Å². The summed E-state index contributed by atoms with van der Waals surface area (Å²) < 4.78 is 52.8. The van der Waals surface area contributed by atoms with Crippen molar-refractivity contribution in [3.63, 3.8) is 0 Å². The van der Waals surface area contributed by atoms with Crippen LogP contribution in [0.5, 0.6) is 0 Å². The number of amides is 2. The van der Waals surface area contributed by atoms with E-state index in [0.717, 1.165) is 33.4 Å². The minimum Gasteiger partial charge on any atom is -0.392 e. The van der Waals surface area contributed by atoms with Crippen LogP contribution in [0.3, 0.4) is 0 Å². The second-order valence-electron chi connectivity index (χ2n) is 14.0. The number of benzene rings is 4. The molecule has 0 aliphatic carbocycles. The Labute approximate surface area is 308 Å². The van der Waals surface area contributed by atoms with Crippen LogP contribution < -0.4 is 5.32 Å². The maximum absolute atomic E-state index is 13.1. The van der Waals surface area contributed by atoms with Gasteiger partial charge in [0.1, 0.15) is 6.04 Å². The highest BCUT2D eigenvalue weighted by molar-refractivity contribution is 5.90. The first kappa shape index (κ1) is 38.2. The lowest BCUT2D eigenvalue weighted by atomic mass is 9.89. The van der Waals surface area contributed by atoms with Gasteiger partial charge in [-0.1, -0.05) is 97.9 Å². The molecule has 0 bridgehead atoms. The van der Waals surface area contributed by atoms with Crippen molar-refractivity contribution in [1.82, 2.24) is 15.1 Å². The van der Waals surface area contributed by atoms with E-state index in [0.29, 0.717) is 17.9 Å². The van der Waals surface area contributed by atoms with Gasteiger partial charge < -0.3 is 24.8 Å². The molecule has 2 heterocycles. The Kier molecular flexibility index (Phi) is 12.0. The summed E-state index contributed by atoms with van der Waals surface area (Å²) in [5, 5.41) is 12.4. The highest BCUT2D eigenvalue weighted by atomic mass is 19.4. The standard InChI is InChI=1S/C42H46F3N3O5/c1-27-37(25-47(3)28(2)31-11-5-4-6-12-31)52-40(53-38(27)32-19-17-29(26-49)18-20-32)35-15-8-14-34(23-35)33-13-7-10-30(22-33)24-46-39(50)36-16-9-21-48(36)41(51)42(43,44)45/h4-8,10-15,17-20,22-23,27-28,36-38,40,49H,9,16,21,24-26H2,1-3H3,(H,46,50)/t27-,28+,36+,37+,38+,40+/m1/s1. The number of hydrogen-bond donors (Lipinski definition) is 2. The number of alkyl halides is 3. The Morgan fingerprint density at radius 3 is 2.30 bits per heavy atom. The topological polar surface area (TPSA) is 91.3 Å². The smallest absolute Gasteiger partial charge is 0.392 e. The molecule has 4 aromatic carbocycles. The molecule has 6 rings (SSSR count). The van der Waals surface area contributed by atoms with E-state index >= 15 is 0 Å². The van der Waals surface area contributed by atoms with Crippen LogP contribution in [-0.2, 0) is 32.2 Å². The lowest BCUT2D eigenvalue weighted by Gasteiger charge is -2.43. The predicted octanol–water partition coefficient (Wildman–Crippen LogP) is 7.50. The number of aliphatic hydroxyl groups excluding tert-OH is 1. The fourth-order valence-corrected chi connectivity index (χ4v) is 7.23. The third kappa shape index (κ3) is 8.98. The fourth-order valence-electron chi connectivity index (χ4n) is 7.23. The molecule has 8 nitrogen and oxygen atoms in total. The molecule has 2 saturated heterocycles. The molecular weight excluding hydrogens is 683 g/mol. The van der Waals surface area contributed by atoms with Crippen LogP contribution in [0.25, 0.3) is 11.1 Å². The number of rotatable bonds is 11. The zero-order chi connectivity index (χ0) is 37.7. The highest BCUT2D eigenvalue weighted by Crippen LogP contribution is 2.43. The van der Waals surface area contributed by atoms with Crippen LogP contribution in [0.2, 0.25) is 0 Å². The van der Waals surface area contributed by atoms with Crippen LogP contribution in [0.4, 0.5) is 13.2 Å². The summed E-state index contributed by atoms with van der Waals surface area (Å²) in [6.45, 7) is 4.95. The maximum atomic E-state index is 13.1. The normalized spacial score (nSPS) is 22.5. The Bertz CT molecular complexity index is 1850. The lowest BCUT2D eigenvalue weighted by Crippen LogP contribution is -2.50. The summed E-state index contributed by atoms with van der Waals surface area (Å²) in [6, 6.07) is 32.7. The van der Waals surface area contributed by atoms with Gasteiger partial charge in [-0.2, -0.15) is 13.2 Å². The van der Waals surface area contributed by atoms with Crippen molar-refractivity contribution in [3.05, 3.63) is 131 Å². The molecule has 2 amide bonds. The van der Waals surface area contributed by atoms with Gasteiger partial charge in [0.15, 0.2) is 6.29 Å².